The molecule has 2 aliphatic rings. The number of rotatable bonds is 4. The number of aliphatic imine (C=N–C) groups is 1. The fourth-order valence-corrected chi connectivity index (χ4v) is 4.25. The average Bonchev–Trinajstić information content (AvgIpc) is 2.81. The van der Waals surface area contributed by atoms with Crippen molar-refractivity contribution in [2.75, 3.05) is 25.9 Å². The Labute approximate surface area is 128 Å². The zero-order valence-electron chi connectivity index (χ0n) is 13.1. The van der Waals surface area contributed by atoms with Crippen LogP contribution in [0, 0.1) is 11.8 Å². The second kappa shape index (κ2) is 6.96. The first kappa shape index (κ1) is 16.5. The molecule has 122 valence electrons. The van der Waals surface area contributed by atoms with Gasteiger partial charge in [-0.25, -0.2) is 13.1 Å². The van der Waals surface area contributed by atoms with Crippen LogP contribution in [0.1, 0.15) is 39.0 Å². The smallest absolute Gasteiger partial charge is 0.208 e. The fraction of sp³-hybridized carbons (Fsp3) is 0.929. The Morgan fingerprint density at radius 3 is 2.76 bits per heavy atom. The van der Waals surface area contributed by atoms with Crippen molar-refractivity contribution in [3.8, 4) is 0 Å². The lowest BCUT2D eigenvalue weighted by molar-refractivity contribution is 0.269. The third-order valence-corrected chi connectivity index (χ3v) is 5.22. The van der Waals surface area contributed by atoms with E-state index < -0.39 is 10.0 Å². The molecule has 21 heavy (non-hydrogen) atoms. The van der Waals surface area contributed by atoms with Gasteiger partial charge in [-0.05, 0) is 37.5 Å². The summed E-state index contributed by atoms with van der Waals surface area (Å²) in [5, 5.41) is 0. The monoisotopic (exact) mass is 316 g/mol. The lowest BCUT2D eigenvalue weighted by Gasteiger charge is -2.32. The Hall–Kier alpha value is -0.820. The van der Waals surface area contributed by atoms with Gasteiger partial charge >= 0.3 is 0 Å². The molecule has 6 nitrogen and oxygen atoms in total. The maximum absolute atomic E-state index is 11.4. The summed E-state index contributed by atoms with van der Waals surface area (Å²) in [7, 11) is -3.15. The molecule has 0 aromatic carbocycles. The third kappa shape index (κ3) is 5.14. The van der Waals surface area contributed by atoms with E-state index in [2.05, 4.69) is 21.5 Å². The van der Waals surface area contributed by atoms with Crippen LogP contribution in [-0.4, -0.2) is 51.2 Å². The molecule has 3 unspecified atom stereocenters. The minimum atomic E-state index is -3.15. The van der Waals surface area contributed by atoms with Crippen molar-refractivity contribution >= 4 is 16.0 Å². The zero-order valence-corrected chi connectivity index (χ0v) is 13.9. The first-order valence-electron chi connectivity index (χ1n) is 7.87. The largest absolute Gasteiger partial charge is 0.370 e. The van der Waals surface area contributed by atoms with E-state index in [1.54, 1.807) is 0 Å². The van der Waals surface area contributed by atoms with Gasteiger partial charge in [0.1, 0.15) is 0 Å². The number of guanidine groups is 1. The number of sulfonamides is 1. The number of piperidine rings is 1. The van der Waals surface area contributed by atoms with Gasteiger partial charge in [0, 0.05) is 25.7 Å². The number of hydrogen-bond donors (Lipinski definition) is 2. The van der Waals surface area contributed by atoms with E-state index >= 15 is 0 Å². The van der Waals surface area contributed by atoms with Gasteiger partial charge in [0.05, 0.1) is 6.26 Å². The Kier molecular flexibility index (Phi) is 5.48. The van der Waals surface area contributed by atoms with Gasteiger partial charge in [-0.3, -0.25) is 4.99 Å². The Balaban J connectivity index is 1.89. The summed E-state index contributed by atoms with van der Waals surface area (Å²) < 4.78 is 25.5. The minimum Gasteiger partial charge on any atom is -0.370 e. The van der Waals surface area contributed by atoms with Crippen molar-refractivity contribution in [3.05, 3.63) is 0 Å². The highest BCUT2D eigenvalue weighted by Crippen LogP contribution is 2.26. The summed E-state index contributed by atoms with van der Waals surface area (Å²) in [6, 6.07) is 0.0110. The van der Waals surface area contributed by atoms with Gasteiger partial charge in [0.2, 0.25) is 10.0 Å². The number of likely N-dealkylation sites (tertiary alicyclic amines) is 1. The van der Waals surface area contributed by atoms with Crippen LogP contribution in [0.5, 0.6) is 0 Å². The Morgan fingerprint density at radius 2 is 2.10 bits per heavy atom. The highest BCUT2D eigenvalue weighted by atomic mass is 32.2. The molecule has 2 fully saturated rings. The molecule has 1 heterocycles. The molecule has 1 saturated heterocycles. The molecule has 0 aromatic rings. The molecule has 1 saturated carbocycles. The minimum absolute atomic E-state index is 0.0110. The van der Waals surface area contributed by atoms with Gasteiger partial charge < -0.3 is 10.6 Å². The maximum Gasteiger partial charge on any atom is 0.208 e. The van der Waals surface area contributed by atoms with Crippen molar-refractivity contribution < 1.29 is 8.42 Å². The van der Waals surface area contributed by atoms with E-state index in [1.165, 1.54) is 19.1 Å². The second-order valence-corrected chi connectivity index (χ2v) is 8.36. The van der Waals surface area contributed by atoms with Crippen LogP contribution >= 0.6 is 0 Å². The molecule has 0 bridgehead atoms. The summed E-state index contributed by atoms with van der Waals surface area (Å²) in [5.74, 6) is 1.55. The van der Waals surface area contributed by atoms with Crippen molar-refractivity contribution in [2.45, 2.75) is 45.1 Å². The van der Waals surface area contributed by atoms with E-state index in [0.29, 0.717) is 18.4 Å². The Morgan fingerprint density at radius 1 is 1.33 bits per heavy atom. The van der Waals surface area contributed by atoms with E-state index in [4.69, 9.17) is 5.73 Å². The lowest BCUT2D eigenvalue weighted by atomic mass is 10.0. The van der Waals surface area contributed by atoms with Crippen LogP contribution in [0.15, 0.2) is 4.99 Å². The standard InChI is InChI=1S/C14H28N4O2S/c1-11-5-4-8-18(10-11)14(15)16-9-12-6-3-7-13(12)17-21(2,19)20/h11-13,17H,3-10H2,1-2H3,(H2,15,16). The summed E-state index contributed by atoms with van der Waals surface area (Å²) in [6.45, 7) is 4.81. The highest BCUT2D eigenvalue weighted by Gasteiger charge is 2.29. The molecule has 0 amide bonds. The van der Waals surface area contributed by atoms with Crippen LogP contribution in [0.4, 0.5) is 0 Å². The molecule has 7 heteroatoms. The maximum atomic E-state index is 11.4. The molecule has 0 radical (unpaired) electrons. The van der Waals surface area contributed by atoms with Gasteiger partial charge in [-0.15, -0.1) is 0 Å². The van der Waals surface area contributed by atoms with E-state index in [-0.39, 0.29) is 12.0 Å². The quantitative estimate of drug-likeness (QED) is 0.592. The molecule has 0 aromatic heterocycles. The van der Waals surface area contributed by atoms with Crippen LogP contribution in [0.2, 0.25) is 0 Å². The van der Waals surface area contributed by atoms with Crippen molar-refractivity contribution in [3.63, 3.8) is 0 Å². The second-order valence-electron chi connectivity index (χ2n) is 6.58. The van der Waals surface area contributed by atoms with E-state index in [1.807, 2.05) is 0 Å². The van der Waals surface area contributed by atoms with E-state index in [9.17, 15) is 8.42 Å². The number of nitrogens with zero attached hydrogens (tertiary/aromatic N) is 2. The Bertz CT molecular complexity index is 477. The zero-order chi connectivity index (χ0) is 15.5. The van der Waals surface area contributed by atoms with Crippen molar-refractivity contribution in [1.29, 1.82) is 0 Å². The van der Waals surface area contributed by atoms with Crippen LogP contribution < -0.4 is 10.5 Å². The summed E-state index contributed by atoms with van der Waals surface area (Å²) in [4.78, 5) is 6.68. The summed E-state index contributed by atoms with van der Waals surface area (Å²) in [5.41, 5.74) is 6.10. The molecular formula is C14H28N4O2S. The number of hydrogen-bond acceptors (Lipinski definition) is 3. The van der Waals surface area contributed by atoms with Crippen LogP contribution in [-0.2, 0) is 10.0 Å². The number of nitrogens with one attached hydrogen (secondary N) is 1. The number of nitrogens with two attached hydrogens (primary N) is 1. The molecule has 1 aliphatic carbocycles. The lowest BCUT2D eigenvalue weighted by Crippen LogP contribution is -2.44. The van der Waals surface area contributed by atoms with Gasteiger partial charge in [0.25, 0.3) is 0 Å². The fourth-order valence-electron chi connectivity index (χ4n) is 3.39. The van der Waals surface area contributed by atoms with Crippen LogP contribution in [0.25, 0.3) is 0 Å². The van der Waals surface area contributed by atoms with Gasteiger partial charge in [-0.2, -0.15) is 0 Å². The molecule has 3 atom stereocenters. The SMILES string of the molecule is CC1CCCN(C(N)=NCC2CCCC2NS(C)(=O)=O)C1. The average molecular weight is 316 g/mol. The predicted octanol–water partition coefficient (Wildman–Crippen LogP) is 0.751. The first-order chi connectivity index (χ1) is 9.85. The first-order valence-corrected chi connectivity index (χ1v) is 9.76. The molecule has 1 aliphatic heterocycles. The predicted molar refractivity (Wildman–Crippen MR) is 85.6 cm³/mol. The summed E-state index contributed by atoms with van der Waals surface area (Å²) >= 11 is 0. The van der Waals surface area contributed by atoms with Crippen LogP contribution in [0.3, 0.4) is 0 Å². The molecule has 2 rings (SSSR count). The molecule has 0 spiro atoms. The summed E-state index contributed by atoms with van der Waals surface area (Å²) in [6.07, 6.45) is 6.60. The molecular weight excluding hydrogens is 288 g/mol. The molecule has 3 N–H and O–H groups in total. The van der Waals surface area contributed by atoms with Crippen molar-refractivity contribution in [1.82, 2.24) is 9.62 Å². The van der Waals surface area contributed by atoms with Gasteiger partial charge in [-0.1, -0.05) is 13.3 Å². The van der Waals surface area contributed by atoms with E-state index in [0.717, 1.165) is 32.4 Å². The highest BCUT2D eigenvalue weighted by molar-refractivity contribution is 7.88. The van der Waals surface area contributed by atoms with Crippen molar-refractivity contribution in [2.24, 2.45) is 22.6 Å². The normalized spacial score (nSPS) is 31.6. The third-order valence-electron chi connectivity index (χ3n) is 4.49. The topological polar surface area (TPSA) is 87.8 Å². The van der Waals surface area contributed by atoms with Gasteiger partial charge in [0.15, 0.2) is 5.96 Å².